The highest BCUT2D eigenvalue weighted by Gasteiger charge is 2.43. The summed E-state index contributed by atoms with van der Waals surface area (Å²) in [5.74, 6) is -0.989. The van der Waals surface area contributed by atoms with Crippen LogP contribution in [0.25, 0.3) is 22.3 Å². The first-order chi connectivity index (χ1) is 17.4. The summed E-state index contributed by atoms with van der Waals surface area (Å²) in [5, 5.41) is 0. The number of rotatable bonds is 12. The zero-order valence-corrected chi connectivity index (χ0v) is 21.5. The van der Waals surface area contributed by atoms with Gasteiger partial charge in [-0.1, -0.05) is 107 Å². The van der Waals surface area contributed by atoms with Crippen LogP contribution in [0.2, 0.25) is 0 Å². The van der Waals surface area contributed by atoms with Crippen LogP contribution in [0.15, 0.2) is 54.6 Å². The summed E-state index contributed by atoms with van der Waals surface area (Å²) in [6.07, 6.45) is 8.06. The normalized spacial score (nSPS) is 13.7. The topological polar surface area (TPSA) is 9.23 Å². The van der Waals surface area contributed by atoms with Crippen LogP contribution in [-0.2, 0) is 19.0 Å². The lowest BCUT2D eigenvalue weighted by atomic mass is 9.90. The third-order valence-corrected chi connectivity index (χ3v) is 7.19. The number of alkyl halides is 2. The van der Waals surface area contributed by atoms with Gasteiger partial charge in [-0.25, -0.2) is 4.39 Å². The second kappa shape index (κ2) is 12.0. The minimum Gasteiger partial charge on any atom is -0.425 e. The van der Waals surface area contributed by atoms with Crippen molar-refractivity contribution in [1.82, 2.24) is 0 Å². The van der Waals surface area contributed by atoms with E-state index in [0.717, 1.165) is 44.1 Å². The van der Waals surface area contributed by atoms with E-state index in [1.807, 2.05) is 18.2 Å². The van der Waals surface area contributed by atoms with Gasteiger partial charge in [0.1, 0.15) is 0 Å². The predicted octanol–water partition coefficient (Wildman–Crippen LogP) is 10.2. The Hall–Kier alpha value is -2.75. The van der Waals surface area contributed by atoms with Gasteiger partial charge in [-0.2, -0.15) is 8.78 Å². The summed E-state index contributed by atoms with van der Waals surface area (Å²) in [6, 6.07) is 16.5. The van der Waals surface area contributed by atoms with Gasteiger partial charge in [0.2, 0.25) is 0 Å². The number of hydrogen-bond acceptors (Lipinski definition) is 1. The smallest absolute Gasteiger partial charge is 0.425 e. The first-order valence-electron chi connectivity index (χ1n) is 13.6. The average Bonchev–Trinajstić information content (AvgIpc) is 2.88. The molecule has 0 aromatic heterocycles. The largest absolute Gasteiger partial charge is 0.427 e. The van der Waals surface area contributed by atoms with Gasteiger partial charge in [-0.15, -0.1) is 0 Å². The van der Waals surface area contributed by atoms with Crippen LogP contribution in [0.1, 0.15) is 88.3 Å². The Kier molecular flexibility index (Phi) is 8.77. The third kappa shape index (κ3) is 5.96. The summed E-state index contributed by atoms with van der Waals surface area (Å²) >= 11 is 0. The lowest BCUT2D eigenvalue weighted by Crippen LogP contribution is -2.27. The number of fused-ring (bicyclic) bond motifs is 3. The summed E-state index contributed by atoms with van der Waals surface area (Å²) in [4.78, 5) is 0. The van der Waals surface area contributed by atoms with Gasteiger partial charge in [-0.3, -0.25) is 0 Å². The highest BCUT2D eigenvalue weighted by Crippen LogP contribution is 2.49. The maximum Gasteiger partial charge on any atom is 0.427 e. The molecule has 0 atom stereocenters. The summed E-state index contributed by atoms with van der Waals surface area (Å²) < 4.78 is 50.6. The van der Waals surface area contributed by atoms with Gasteiger partial charge in [0.15, 0.2) is 11.6 Å². The Balaban J connectivity index is 1.53. The summed E-state index contributed by atoms with van der Waals surface area (Å²) in [7, 11) is 0. The fourth-order valence-corrected chi connectivity index (χ4v) is 5.00. The second-order valence-corrected chi connectivity index (χ2v) is 9.97. The Labute approximate surface area is 213 Å². The Morgan fingerprint density at radius 1 is 0.667 bits per heavy atom. The lowest BCUT2D eigenvalue weighted by Gasteiger charge is -2.29. The van der Waals surface area contributed by atoms with Crippen LogP contribution in [-0.4, -0.2) is 0 Å². The fraction of sp³-hybridized carbons (Fsp3) is 0.438. The lowest BCUT2D eigenvalue weighted by molar-refractivity contribution is -0.188. The van der Waals surface area contributed by atoms with E-state index >= 15 is 13.2 Å². The zero-order chi connectivity index (χ0) is 25.5. The van der Waals surface area contributed by atoms with Crippen molar-refractivity contribution in [3.63, 3.8) is 0 Å². The van der Waals surface area contributed by atoms with Crippen molar-refractivity contribution in [3.8, 4) is 28.0 Å². The summed E-state index contributed by atoms with van der Waals surface area (Å²) in [5.41, 5.74) is 3.74. The average molecular weight is 495 g/mol. The number of aryl methyl sites for hydroxylation is 2. The highest BCUT2D eigenvalue weighted by molar-refractivity contribution is 5.80. The Bertz CT molecular complexity index is 1150. The maximum absolute atomic E-state index is 15.3. The van der Waals surface area contributed by atoms with Crippen molar-refractivity contribution in [2.24, 2.45) is 0 Å². The molecule has 3 aromatic rings. The third-order valence-electron chi connectivity index (χ3n) is 7.19. The van der Waals surface area contributed by atoms with Crippen LogP contribution >= 0.6 is 0 Å². The quantitative estimate of drug-likeness (QED) is 0.228. The van der Waals surface area contributed by atoms with E-state index in [1.54, 1.807) is 18.2 Å². The van der Waals surface area contributed by atoms with Crippen LogP contribution in [0.5, 0.6) is 5.75 Å². The van der Waals surface area contributed by atoms with Gasteiger partial charge in [0.25, 0.3) is 0 Å². The van der Waals surface area contributed by atoms with Crippen molar-refractivity contribution < 1.29 is 17.9 Å². The van der Waals surface area contributed by atoms with Crippen LogP contribution < -0.4 is 4.74 Å². The van der Waals surface area contributed by atoms with Crippen molar-refractivity contribution in [2.75, 3.05) is 0 Å². The molecule has 0 radical (unpaired) electrons. The molecule has 0 aliphatic carbocycles. The molecule has 1 aliphatic rings. The molecule has 0 spiro atoms. The van der Waals surface area contributed by atoms with Crippen LogP contribution in [0.3, 0.4) is 0 Å². The molecule has 0 amide bonds. The molecule has 1 aliphatic heterocycles. The van der Waals surface area contributed by atoms with Gasteiger partial charge in [0, 0.05) is 5.56 Å². The van der Waals surface area contributed by atoms with Gasteiger partial charge < -0.3 is 4.74 Å². The number of hydrogen-bond donors (Lipinski definition) is 0. The molecule has 0 saturated heterocycles. The molecule has 36 heavy (non-hydrogen) atoms. The van der Waals surface area contributed by atoms with Crippen molar-refractivity contribution in [2.45, 2.75) is 90.6 Å². The molecule has 0 N–H and O–H groups in total. The van der Waals surface area contributed by atoms with E-state index in [2.05, 4.69) is 26.0 Å². The number of benzene rings is 3. The number of unbranched alkanes of at least 4 members (excludes halogenated alkanes) is 7. The Morgan fingerprint density at radius 2 is 1.31 bits per heavy atom. The fourth-order valence-electron chi connectivity index (χ4n) is 5.00. The molecule has 0 saturated carbocycles. The van der Waals surface area contributed by atoms with E-state index in [9.17, 15) is 0 Å². The molecule has 192 valence electrons. The second-order valence-electron chi connectivity index (χ2n) is 9.97. The van der Waals surface area contributed by atoms with Crippen molar-refractivity contribution in [1.29, 1.82) is 0 Å². The first-order valence-corrected chi connectivity index (χ1v) is 13.6. The van der Waals surface area contributed by atoms with Crippen LogP contribution in [0.4, 0.5) is 13.2 Å². The molecule has 4 rings (SSSR count). The van der Waals surface area contributed by atoms with E-state index in [0.29, 0.717) is 28.7 Å². The highest BCUT2D eigenvalue weighted by atomic mass is 19.3. The van der Waals surface area contributed by atoms with E-state index in [4.69, 9.17) is 4.74 Å². The van der Waals surface area contributed by atoms with E-state index in [1.165, 1.54) is 37.3 Å². The van der Waals surface area contributed by atoms with Gasteiger partial charge in [-0.05, 0) is 59.6 Å². The minimum atomic E-state index is -3.60. The van der Waals surface area contributed by atoms with E-state index in [-0.39, 0.29) is 11.3 Å². The molecule has 0 unspecified atom stereocenters. The molecule has 0 bridgehead atoms. The summed E-state index contributed by atoms with van der Waals surface area (Å²) in [6.45, 7) is 4.35. The molecule has 1 nitrogen and oxygen atoms in total. The molecule has 1 heterocycles. The molecular weight excluding hydrogens is 457 g/mol. The standard InChI is InChI=1S/C32H37F3O/c1-3-5-7-8-9-10-11-13-25-18-21-28-27-20-19-26(24-16-14-23(15-17-24)12-6-4-2)22-29(27)32(34,35)36-31(28)30(25)33/h14-22H,3-13H2,1-2H3. The van der Waals surface area contributed by atoms with Gasteiger partial charge in [0.05, 0.1) is 5.56 Å². The Morgan fingerprint density at radius 3 is 2.03 bits per heavy atom. The van der Waals surface area contributed by atoms with Crippen molar-refractivity contribution >= 4 is 0 Å². The predicted molar refractivity (Wildman–Crippen MR) is 142 cm³/mol. The monoisotopic (exact) mass is 494 g/mol. The zero-order valence-electron chi connectivity index (χ0n) is 21.5. The minimum absolute atomic E-state index is 0.221. The number of ether oxygens (including phenoxy) is 1. The van der Waals surface area contributed by atoms with Crippen molar-refractivity contribution in [3.05, 3.63) is 77.1 Å². The van der Waals surface area contributed by atoms with Gasteiger partial charge >= 0.3 is 6.11 Å². The molecule has 0 fully saturated rings. The van der Waals surface area contributed by atoms with E-state index < -0.39 is 11.9 Å². The first kappa shape index (κ1) is 26.3. The maximum atomic E-state index is 15.3. The molecule has 4 heteroatoms. The molecule has 3 aromatic carbocycles. The van der Waals surface area contributed by atoms with Crippen LogP contribution in [0, 0.1) is 5.82 Å². The molecular formula is C32H37F3O. The SMILES string of the molecule is CCCCCCCCCc1ccc2c(c1F)OC(F)(F)c1cc(-c3ccc(CCCC)cc3)ccc1-2. The number of halogens is 3.